The normalized spacial score (nSPS) is 10.6. The van der Waals surface area contributed by atoms with Crippen molar-refractivity contribution in [1.29, 1.82) is 0 Å². The van der Waals surface area contributed by atoms with Crippen molar-refractivity contribution in [2.75, 3.05) is 18.5 Å². The highest BCUT2D eigenvalue weighted by Crippen LogP contribution is 2.25. The zero-order valence-corrected chi connectivity index (χ0v) is 12.2. The van der Waals surface area contributed by atoms with Gasteiger partial charge in [0.25, 0.3) is 0 Å². The molecule has 0 spiro atoms. The van der Waals surface area contributed by atoms with Gasteiger partial charge in [-0.05, 0) is 56.8 Å². The average molecular weight is 273 g/mol. The van der Waals surface area contributed by atoms with E-state index in [0.717, 1.165) is 30.3 Å². The van der Waals surface area contributed by atoms with Gasteiger partial charge >= 0.3 is 0 Å². The van der Waals surface area contributed by atoms with E-state index in [0.29, 0.717) is 0 Å². The van der Waals surface area contributed by atoms with Crippen LogP contribution in [0.5, 0.6) is 0 Å². The molecule has 2 aromatic rings. The van der Waals surface area contributed by atoms with Crippen LogP contribution in [0.4, 0.5) is 15.9 Å². The van der Waals surface area contributed by atoms with Crippen LogP contribution in [0.15, 0.2) is 36.4 Å². The quantitative estimate of drug-likeness (QED) is 0.905. The highest BCUT2D eigenvalue weighted by molar-refractivity contribution is 5.60. The van der Waals surface area contributed by atoms with Crippen LogP contribution in [-0.2, 0) is 6.54 Å². The van der Waals surface area contributed by atoms with Crippen LogP contribution in [-0.4, -0.2) is 18.6 Å². The summed E-state index contributed by atoms with van der Waals surface area (Å²) < 4.78 is 13.4. The van der Waals surface area contributed by atoms with Crippen molar-refractivity contribution in [2.24, 2.45) is 0 Å². The van der Waals surface area contributed by atoms with Gasteiger partial charge in [0, 0.05) is 24.5 Å². The summed E-state index contributed by atoms with van der Waals surface area (Å²) in [6.45, 7) is 5.53. The van der Waals surface area contributed by atoms with Crippen LogP contribution in [0.2, 0.25) is 0 Å². The van der Waals surface area contributed by atoms with E-state index in [1.807, 2.05) is 37.9 Å². The molecule has 0 fully saturated rings. The van der Waals surface area contributed by atoms with Crippen molar-refractivity contribution in [3.05, 3.63) is 53.5 Å². The first-order chi connectivity index (χ1) is 9.63. The third-order valence-electron chi connectivity index (χ3n) is 3.09. The molecule has 3 nitrogen and oxygen atoms in total. The molecular formula is C16H20FN3. The molecule has 1 aromatic carbocycles. The van der Waals surface area contributed by atoms with Gasteiger partial charge in [-0.2, -0.15) is 0 Å². The maximum absolute atomic E-state index is 13.4. The number of benzene rings is 1. The number of halogens is 1. The molecule has 0 bridgehead atoms. The van der Waals surface area contributed by atoms with Crippen molar-refractivity contribution in [3.8, 4) is 0 Å². The lowest BCUT2D eigenvalue weighted by Gasteiger charge is -2.23. The molecular weight excluding hydrogens is 253 g/mol. The monoisotopic (exact) mass is 273 g/mol. The van der Waals surface area contributed by atoms with Crippen LogP contribution in [0.1, 0.15) is 18.2 Å². The number of hydrogen-bond donors (Lipinski definition) is 1. The van der Waals surface area contributed by atoms with E-state index < -0.39 is 0 Å². The van der Waals surface area contributed by atoms with Crippen LogP contribution >= 0.6 is 0 Å². The number of nitrogens with zero attached hydrogens (tertiary/aromatic N) is 2. The Morgan fingerprint density at radius 2 is 2.05 bits per heavy atom. The minimum Gasteiger partial charge on any atom is -0.327 e. The molecule has 0 saturated heterocycles. The van der Waals surface area contributed by atoms with E-state index in [1.165, 1.54) is 17.7 Å². The summed E-state index contributed by atoms with van der Waals surface area (Å²) in [5.41, 5.74) is 2.95. The Balaban J connectivity index is 2.41. The lowest BCUT2D eigenvalue weighted by molar-refractivity contribution is 0.627. The maximum atomic E-state index is 13.4. The first kappa shape index (κ1) is 14.5. The van der Waals surface area contributed by atoms with Crippen LogP contribution in [0, 0.1) is 12.7 Å². The highest BCUT2D eigenvalue weighted by Gasteiger charge is 2.11. The Kier molecular flexibility index (Phi) is 4.69. The van der Waals surface area contributed by atoms with Gasteiger partial charge in [-0.1, -0.05) is 6.07 Å². The number of aryl methyl sites for hydroxylation is 1. The molecule has 2 rings (SSSR count). The standard InChI is InChI=1S/C16H20FN3/c1-4-20(15-7-5-6-14(17)10-15)16-9-13(11-18-3)8-12(2)19-16/h5-10,18H,4,11H2,1-3H3. The number of anilines is 2. The smallest absolute Gasteiger partial charge is 0.133 e. The third-order valence-corrected chi connectivity index (χ3v) is 3.09. The minimum atomic E-state index is -0.232. The molecule has 1 aromatic heterocycles. The summed E-state index contributed by atoms with van der Waals surface area (Å²) in [7, 11) is 1.92. The van der Waals surface area contributed by atoms with Crippen molar-refractivity contribution < 1.29 is 4.39 Å². The van der Waals surface area contributed by atoms with Gasteiger partial charge < -0.3 is 10.2 Å². The molecule has 0 aliphatic carbocycles. The minimum absolute atomic E-state index is 0.232. The topological polar surface area (TPSA) is 28.2 Å². The van der Waals surface area contributed by atoms with Crippen molar-refractivity contribution >= 4 is 11.5 Å². The molecule has 20 heavy (non-hydrogen) atoms. The Bertz CT molecular complexity index is 584. The van der Waals surface area contributed by atoms with E-state index in [-0.39, 0.29) is 5.82 Å². The van der Waals surface area contributed by atoms with E-state index in [2.05, 4.69) is 16.4 Å². The Morgan fingerprint density at radius 1 is 1.25 bits per heavy atom. The van der Waals surface area contributed by atoms with Gasteiger partial charge in [-0.15, -0.1) is 0 Å². The van der Waals surface area contributed by atoms with Crippen molar-refractivity contribution in [3.63, 3.8) is 0 Å². The number of hydrogen-bond acceptors (Lipinski definition) is 3. The third kappa shape index (κ3) is 3.33. The fourth-order valence-corrected chi connectivity index (χ4v) is 2.29. The summed E-state index contributed by atoms with van der Waals surface area (Å²) in [5, 5.41) is 3.14. The summed E-state index contributed by atoms with van der Waals surface area (Å²) in [6, 6.07) is 10.7. The Labute approximate surface area is 119 Å². The molecule has 0 unspecified atom stereocenters. The molecule has 0 aliphatic heterocycles. The molecule has 0 atom stereocenters. The average Bonchev–Trinajstić information content (AvgIpc) is 2.39. The summed E-state index contributed by atoms with van der Waals surface area (Å²) in [5.74, 6) is 0.618. The van der Waals surface area contributed by atoms with E-state index in [4.69, 9.17) is 0 Å². The van der Waals surface area contributed by atoms with Crippen LogP contribution in [0.3, 0.4) is 0 Å². The van der Waals surface area contributed by atoms with Gasteiger partial charge in [0.1, 0.15) is 11.6 Å². The highest BCUT2D eigenvalue weighted by atomic mass is 19.1. The Morgan fingerprint density at radius 3 is 2.70 bits per heavy atom. The van der Waals surface area contributed by atoms with Gasteiger partial charge in [0.15, 0.2) is 0 Å². The number of pyridine rings is 1. The molecule has 1 N–H and O–H groups in total. The molecule has 106 valence electrons. The van der Waals surface area contributed by atoms with Crippen molar-refractivity contribution in [2.45, 2.75) is 20.4 Å². The molecule has 0 aliphatic rings. The molecule has 0 saturated carbocycles. The van der Waals surface area contributed by atoms with Gasteiger partial charge in [0.05, 0.1) is 0 Å². The van der Waals surface area contributed by atoms with Crippen molar-refractivity contribution in [1.82, 2.24) is 10.3 Å². The number of aromatic nitrogens is 1. The van der Waals surface area contributed by atoms with E-state index >= 15 is 0 Å². The molecule has 4 heteroatoms. The fraction of sp³-hybridized carbons (Fsp3) is 0.312. The number of rotatable bonds is 5. The van der Waals surface area contributed by atoms with Gasteiger partial charge in [-0.25, -0.2) is 9.37 Å². The van der Waals surface area contributed by atoms with E-state index in [1.54, 1.807) is 6.07 Å². The SMILES string of the molecule is CCN(c1cccc(F)c1)c1cc(CNC)cc(C)n1. The van der Waals surface area contributed by atoms with Gasteiger partial charge in [0.2, 0.25) is 0 Å². The van der Waals surface area contributed by atoms with Gasteiger partial charge in [-0.3, -0.25) is 0 Å². The first-order valence-electron chi connectivity index (χ1n) is 6.79. The summed E-state index contributed by atoms with van der Waals surface area (Å²) >= 11 is 0. The van der Waals surface area contributed by atoms with E-state index in [9.17, 15) is 4.39 Å². The molecule has 0 radical (unpaired) electrons. The lowest BCUT2D eigenvalue weighted by atomic mass is 10.2. The molecule has 0 amide bonds. The summed E-state index contributed by atoms with van der Waals surface area (Å²) in [4.78, 5) is 6.58. The number of nitrogens with one attached hydrogen (secondary N) is 1. The molecule has 1 heterocycles. The predicted octanol–water partition coefficient (Wildman–Crippen LogP) is 3.41. The maximum Gasteiger partial charge on any atom is 0.133 e. The van der Waals surface area contributed by atoms with Crippen LogP contribution in [0.25, 0.3) is 0 Å². The zero-order chi connectivity index (χ0) is 14.5. The fourth-order valence-electron chi connectivity index (χ4n) is 2.29. The van der Waals surface area contributed by atoms with Crippen LogP contribution < -0.4 is 10.2 Å². The second kappa shape index (κ2) is 6.48. The second-order valence-corrected chi connectivity index (χ2v) is 4.73. The first-order valence-corrected chi connectivity index (χ1v) is 6.79. The second-order valence-electron chi connectivity index (χ2n) is 4.73. The predicted molar refractivity (Wildman–Crippen MR) is 80.8 cm³/mol. The largest absolute Gasteiger partial charge is 0.327 e. The lowest BCUT2D eigenvalue weighted by Crippen LogP contribution is -2.18. The summed E-state index contributed by atoms with van der Waals surface area (Å²) in [6.07, 6.45) is 0. The zero-order valence-electron chi connectivity index (χ0n) is 12.2. The Hall–Kier alpha value is -1.94.